The van der Waals surface area contributed by atoms with Crippen LogP contribution in [0.2, 0.25) is 0 Å². The molecule has 1 aromatic heterocycles. The standard InChI is InChI=1S/C19H19N3O4S2/c1-13-11-20-19(27-13)22-18(23)15-5-3-14(4-6-15)12-21-28(24,25)17-9-7-16(26-2)8-10-17/h3-11,21H,12H2,1-2H3,(H,20,22,23). The molecule has 9 heteroatoms. The van der Waals surface area contributed by atoms with E-state index in [1.807, 2.05) is 6.92 Å². The number of benzene rings is 2. The maximum absolute atomic E-state index is 12.4. The lowest BCUT2D eigenvalue weighted by Crippen LogP contribution is -2.23. The maximum Gasteiger partial charge on any atom is 0.257 e. The van der Waals surface area contributed by atoms with Gasteiger partial charge in [0, 0.05) is 23.2 Å². The third-order valence-corrected chi connectivity index (χ3v) is 6.14. The minimum Gasteiger partial charge on any atom is -0.497 e. The number of amides is 1. The summed E-state index contributed by atoms with van der Waals surface area (Å²) in [6.45, 7) is 2.02. The van der Waals surface area contributed by atoms with Crippen molar-refractivity contribution in [3.8, 4) is 5.75 Å². The molecule has 0 saturated heterocycles. The molecule has 0 spiro atoms. The number of rotatable bonds is 7. The monoisotopic (exact) mass is 417 g/mol. The smallest absolute Gasteiger partial charge is 0.257 e. The van der Waals surface area contributed by atoms with Gasteiger partial charge in [-0.25, -0.2) is 18.1 Å². The number of sulfonamides is 1. The molecule has 28 heavy (non-hydrogen) atoms. The van der Waals surface area contributed by atoms with Crippen LogP contribution >= 0.6 is 11.3 Å². The molecule has 2 N–H and O–H groups in total. The Morgan fingerprint density at radius 2 is 1.79 bits per heavy atom. The van der Waals surface area contributed by atoms with Crippen molar-refractivity contribution in [2.45, 2.75) is 18.4 Å². The molecule has 3 aromatic rings. The Morgan fingerprint density at radius 3 is 2.36 bits per heavy atom. The van der Waals surface area contributed by atoms with Crippen LogP contribution in [0.4, 0.5) is 5.13 Å². The summed E-state index contributed by atoms with van der Waals surface area (Å²) < 4.78 is 32.3. The number of ether oxygens (including phenoxy) is 1. The Morgan fingerprint density at radius 1 is 1.11 bits per heavy atom. The van der Waals surface area contributed by atoms with Crippen molar-refractivity contribution >= 4 is 32.4 Å². The van der Waals surface area contributed by atoms with Gasteiger partial charge < -0.3 is 4.74 Å². The Labute approximate surface area is 167 Å². The number of hydrogen-bond acceptors (Lipinski definition) is 6. The molecule has 2 aromatic carbocycles. The third kappa shape index (κ3) is 4.94. The first-order chi connectivity index (χ1) is 13.4. The normalized spacial score (nSPS) is 11.2. The van der Waals surface area contributed by atoms with Crippen molar-refractivity contribution in [1.29, 1.82) is 0 Å². The highest BCUT2D eigenvalue weighted by Gasteiger charge is 2.14. The number of nitrogens with one attached hydrogen (secondary N) is 2. The van der Waals surface area contributed by atoms with Crippen LogP contribution in [0.25, 0.3) is 0 Å². The van der Waals surface area contributed by atoms with Crippen molar-refractivity contribution < 1.29 is 17.9 Å². The highest BCUT2D eigenvalue weighted by Crippen LogP contribution is 2.18. The number of aromatic nitrogens is 1. The van der Waals surface area contributed by atoms with E-state index in [1.165, 1.54) is 30.6 Å². The number of methoxy groups -OCH3 is 1. The second-order valence-electron chi connectivity index (χ2n) is 5.93. The van der Waals surface area contributed by atoms with Crippen molar-refractivity contribution in [2.75, 3.05) is 12.4 Å². The molecule has 0 saturated carbocycles. The number of aryl methyl sites for hydroxylation is 1. The first-order valence-electron chi connectivity index (χ1n) is 8.34. The maximum atomic E-state index is 12.4. The molecule has 0 radical (unpaired) electrons. The molecule has 0 unspecified atom stereocenters. The van der Waals surface area contributed by atoms with Gasteiger partial charge in [-0.3, -0.25) is 10.1 Å². The van der Waals surface area contributed by atoms with Gasteiger partial charge in [-0.05, 0) is 48.9 Å². The van der Waals surface area contributed by atoms with Crippen LogP contribution in [-0.2, 0) is 16.6 Å². The number of nitrogens with zero attached hydrogens (tertiary/aromatic N) is 1. The van der Waals surface area contributed by atoms with Crippen LogP contribution in [-0.4, -0.2) is 26.4 Å². The van der Waals surface area contributed by atoms with Gasteiger partial charge in [-0.1, -0.05) is 12.1 Å². The van der Waals surface area contributed by atoms with Crippen LogP contribution in [0, 0.1) is 6.92 Å². The number of hydrogen-bond donors (Lipinski definition) is 2. The van der Waals surface area contributed by atoms with Crippen molar-refractivity contribution in [1.82, 2.24) is 9.71 Å². The minimum absolute atomic E-state index is 0.113. The van der Waals surface area contributed by atoms with Gasteiger partial charge >= 0.3 is 0 Å². The molecule has 0 fully saturated rings. The molecule has 0 aliphatic rings. The summed E-state index contributed by atoms with van der Waals surface area (Å²) in [6, 6.07) is 12.8. The summed E-state index contributed by atoms with van der Waals surface area (Å²) in [5.74, 6) is 0.320. The fourth-order valence-electron chi connectivity index (χ4n) is 2.37. The lowest BCUT2D eigenvalue weighted by Gasteiger charge is -2.08. The van der Waals surface area contributed by atoms with E-state index >= 15 is 0 Å². The molecule has 146 valence electrons. The van der Waals surface area contributed by atoms with Crippen molar-refractivity contribution in [2.24, 2.45) is 0 Å². The molecule has 0 aliphatic carbocycles. The molecule has 0 bridgehead atoms. The molecule has 3 rings (SSSR count). The molecule has 1 heterocycles. The molecule has 0 atom stereocenters. The number of carbonyl (C=O) groups is 1. The summed E-state index contributed by atoms with van der Waals surface area (Å²) in [4.78, 5) is 17.5. The molecule has 1 amide bonds. The van der Waals surface area contributed by atoms with E-state index in [0.717, 1.165) is 10.4 Å². The summed E-state index contributed by atoms with van der Waals surface area (Å²) >= 11 is 1.40. The van der Waals surface area contributed by atoms with Crippen LogP contribution in [0.1, 0.15) is 20.8 Å². The second kappa shape index (κ2) is 8.51. The van der Waals surface area contributed by atoms with E-state index in [9.17, 15) is 13.2 Å². The molecule has 7 nitrogen and oxygen atoms in total. The van der Waals surface area contributed by atoms with E-state index in [0.29, 0.717) is 16.4 Å². The van der Waals surface area contributed by atoms with E-state index in [2.05, 4.69) is 15.0 Å². The molecule has 0 aliphatic heterocycles. The summed E-state index contributed by atoms with van der Waals surface area (Å²) in [5, 5.41) is 3.27. The highest BCUT2D eigenvalue weighted by atomic mass is 32.2. The fraction of sp³-hybridized carbons (Fsp3) is 0.158. The zero-order chi connectivity index (χ0) is 20.1. The fourth-order valence-corrected chi connectivity index (χ4v) is 4.05. The van der Waals surface area contributed by atoms with Gasteiger partial charge in [0.15, 0.2) is 5.13 Å². The quantitative estimate of drug-likeness (QED) is 0.615. The Kier molecular flexibility index (Phi) is 6.08. The zero-order valence-corrected chi connectivity index (χ0v) is 16.9. The highest BCUT2D eigenvalue weighted by molar-refractivity contribution is 7.89. The van der Waals surface area contributed by atoms with E-state index in [1.54, 1.807) is 42.6 Å². The summed E-state index contributed by atoms with van der Waals surface area (Å²) in [6.07, 6.45) is 1.69. The predicted octanol–water partition coefficient (Wildman–Crippen LogP) is 3.19. The van der Waals surface area contributed by atoms with E-state index in [-0.39, 0.29) is 17.3 Å². The van der Waals surface area contributed by atoms with Crippen molar-refractivity contribution in [3.05, 3.63) is 70.7 Å². The van der Waals surface area contributed by atoms with Crippen LogP contribution in [0.15, 0.2) is 59.6 Å². The van der Waals surface area contributed by atoms with Gasteiger partial charge in [0.05, 0.1) is 12.0 Å². The first-order valence-corrected chi connectivity index (χ1v) is 10.6. The number of anilines is 1. The lowest BCUT2D eigenvalue weighted by molar-refractivity contribution is 0.102. The van der Waals surface area contributed by atoms with Gasteiger partial charge in [-0.15, -0.1) is 11.3 Å². The summed E-state index contributed by atoms with van der Waals surface area (Å²) in [5.41, 5.74) is 1.20. The zero-order valence-electron chi connectivity index (χ0n) is 15.3. The third-order valence-electron chi connectivity index (χ3n) is 3.89. The topological polar surface area (TPSA) is 97.4 Å². The Balaban J connectivity index is 1.61. The molecular weight excluding hydrogens is 398 g/mol. The van der Waals surface area contributed by atoms with E-state index < -0.39 is 10.0 Å². The first kappa shape index (κ1) is 20.0. The largest absolute Gasteiger partial charge is 0.497 e. The van der Waals surface area contributed by atoms with Gasteiger partial charge in [0.2, 0.25) is 10.0 Å². The van der Waals surface area contributed by atoms with Gasteiger partial charge in [0.1, 0.15) is 5.75 Å². The minimum atomic E-state index is -3.64. The molecular formula is C19H19N3O4S2. The second-order valence-corrected chi connectivity index (χ2v) is 8.93. The predicted molar refractivity (Wildman–Crippen MR) is 108 cm³/mol. The Hall–Kier alpha value is -2.75. The van der Waals surface area contributed by atoms with Crippen LogP contribution in [0.5, 0.6) is 5.75 Å². The number of carbonyl (C=O) groups excluding carboxylic acids is 1. The number of thiazole rings is 1. The average molecular weight is 418 g/mol. The van der Waals surface area contributed by atoms with Gasteiger partial charge in [-0.2, -0.15) is 0 Å². The SMILES string of the molecule is COc1ccc(S(=O)(=O)NCc2ccc(C(=O)Nc3ncc(C)s3)cc2)cc1. The summed E-state index contributed by atoms with van der Waals surface area (Å²) in [7, 11) is -2.12. The lowest BCUT2D eigenvalue weighted by atomic mass is 10.1. The van der Waals surface area contributed by atoms with Crippen molar-refractivity contribution in [3.63, 3.8) is 0 Å². The van der Waals surface area contributed by atoms with Gasteiger partial charge in [0.25, 0.3) is 5.91 Å². The Bertz CT molecular complexity index is 1060. The van der Waals surface area contributed by atoms with E-state index in [4.69, 9.17) is 4.74 Å². The van der Waals surface area contributed by atoms with Crippen LogP contribution in [0.3, 0.4) is 0 Å². The van der Waals surface area contributed by atoms with Crippen LogP contribution < -0.4 is 14.8 Å². The average Bonchev–Trinajstić information content (AvgIpc) is 3.11.